The number of guanidine groups is 1. The molecule has 0 aromatic heterocycles. The minimum absolute atomic E-state index is 0.539. The monoisotopic (exact) mass is 371 g/mol. The number of nitrogens with zero attached hydrogens (tertiary/aromatic N) is 1. The summed E-state index contributed by atoms with van der Waals surface area (Å²) in [6, 6.07) is 16.0. The topological polar surface area (TPSA) is 64.1 Å². The van der Waals surface area contributed by atoms with Gasteiger partial charge in [0.2, 0.25) is 0 Å². The summed E-state index contributed by atoms with van der Waals surface area (Å²) in [6.45, 7) is 5.05. The molecule has 6 nitrogen and oxygen atoms in total. The molecule has 0 saturated heterocycles. The first kappa shape index (κ1) is 20.6. The van der Waals surface area contributed by atoms with Crippen molar-refractivity contribution in [3.05, 3.63) is 59.7 Å². The maximum absolute atomic E-state index is 5.71. The highest BCUT2D eigenvalue weighted by Crippen LogP contribution is 2.13. The van der Waals surface area contributed by atoms with Crippen LogP contribution in [0.2, 0.25) is 0 Å². The summed E-state index contributed by atoms with van der Waals surface area (Å²) in [4.78, 5) is 4.23. The van der Waals surface area contributed by atoms with E-state index >= 15 is 0 Å². The van der Waals surface area contributed by atoms with Gasteiger partial charge in [-0.25, -0.2) is 0 Å². The van der Waals surface area contributed by atoms with E-state index < -0.39 is 0 Å². The van der Waals surface area contributed by atoms with E-state index in [9.17, 15) is 0 Å². The first-order valence-electron chi connectivity index (χ1n) is 9.06. The van der Waals surface area contributed by atoms with Crippen LogP contribution in [-0.4, -0.2) is 46.5 Å². The molecule has 2 N–H and O–H groups in total. The lowest BCUT2D eigenvalue weighted by atomic mass is 10.2. The van der Waals surface area contributed by atoms with Crippen LogP contribution >= 0.6 is 0 Å². The SMILES string of the molecule is CN=C(NCCOc1ccc(C)cc1)NCc1cccc(OCCOC)c1. The van der Waals surface area contributed by atoms with Crippen LogP contribution in [0.15, 0.2) is 53.5 Å². The Kier molecular flexibility index (Phi) is 9.00. The van der Waals surface area contributed by atoms with Crippen molar-refractivity contribution >= 4 is 5.96 Å². The molecule has 2 aromatic rings. The fourth-order valence-electron chi connectivity index (χ4n) is 2.37. The Bertz CT molecular complexity index is 702. The number of aryl methyl sites for hydroxylation is 1. The molecule has 0 heterocycles. The molecular formula is C21H29N3O3. The lowest BCUT2D eigenvalue weighted by Crippen LogP contribution is -2.38. The molecule has 2 rings (SSSR count). The van der Waals surface area contributed by atoms with E-state index in [-0.39, 0.29) is 0 Å². The van der Waals surface area contributed by atoms with E-state index in [1.54, 1.807) is 14.2 Å². The highest BCUT2D eigenvalue weighted by molar-refractivity contribution is 5.79. The zero-order valence-corrected chi connectivity index (χ0v) is 16.3. The van der Waals surface area contributed by atoms with Crippen LogP contribution in [0.4, 0.5) is 0 Å². The second kappa shape index (κ2) is 11.8. The van der Waals surface area contributed by atoms with Gasteiger partial charge in [0, 0.05) is 20.7 Å². The van der Waals surface area contributed by atoms with Gasteiger partial charge in [-0.15, -0.1) is 0 Å². The van der Waals surface area contributed by atoms with Crippen molar-refractivity contribution < 1.29 is 14.2 Å². The Morgan fingerprint density at radius 3 is 2.44 bits per heavy atom. The van der Waals surface area contributed by atoms with Crippen molar-refractivity contribution in [1.82, 2.24) is 10.6 Å². The third-order valence-corrected chi connectivity index (χ3v) is 3.82. The van der Waals surface area contributed by atoms with Crippen LogP contribution in [-0.2, 0) is 11.3 Å². The molecule has 0 amide bonds. The van der Waals surface area contributed by atoms with Crippen molar-refractivity contribution in [2.24, 2.45) is 4.99 Å². The number of hydrogen-bond acceptors (Lipinski definition) is 4. The summed E-state index contributed by atoms with van der Waals surface area (Å²) >= 11 is 0. The first-order chi connectivity index (χ1) is 13.2. The Morgan fingerprint density at radius 1 is 0.926 bits per heavy atom. The number of methoxy groups -OCH3 is 1. The van der Waals surface area contributed by atoms with Gasteiger partial charge >= 0.3 is 0 Å². The van der Waals surface area contributed by atoms with Crippen molar-refractivity contribution in [1.29, 1.82) is 0 Å². The summed E-state index contributed by atoms with van der Waals surface area (Å²) in [5, 5.41) is 6.53. The zero-order chi connectivity index (χ0) is 19.3. The summed E-state index contributed by atoms with van der Waals surface area (Å²) in [7, 11) is 3.41. The predicted molar refractivity (Wildman–Crippen MR) is 109 cm³/mol. The van der Waals surface area contributed by atoms with E-state index in [0.717, 1.165) is 23.0 Å². The fraction of sp³-hybridized carbons (Fsp3) is 0.381. The van der Waals surface area contributed by atoms with Gasteiger partial charge in [0.15, 0.2) is 5.96 Å². The van der Waals surface area contributed by atoms with Gasteiger partial charge in [-0.05, 0) is 36.8 Å². The predicted octanol–water partition coefficient (Wildman–Crippen LogP) is 2.76. The smallest absolute Gasteiger partial charge is 0.191 e. The average Bonchev–Trinajstić information content (AvgIpc) is 2.69. The van der Waals surface area contributed by atoms with Crippen molar-refractivity contribution in [2.45, 2.75) is 13.5 Å². The van der Waals surface area contributed by atoms with Crippen molar-refractivity contribution in [3.63, 3.8) is 0 Å². The number of aliphatic imine (C=N–C) groups is 1. The lowest BCUT2D eigenvalue weighted by Gasteiger charge is -2.13. The molecule has 0 atom stereocenters. The van der Waals surface area contributed by atoms with E-state index in [1.807, 2.05) is 48.5 Å². The summed E-state index contributed by atoms with van der Waals surface area (Å²) in [5.74, 6) is 2.43. The Balaban J connectivity index is 1.70. The van der Waals surface area contributed by atoms with Crippen LogP contribution in [0.3, 0.4) is 0 Å². The molecule has 6 heteroatoms. The molecule has 146 valence electrons. The van der Waals surface area contributed by atoms with Gasteiger partial charge in [0.1, 0.15) is 24.7 Å². The van der Waals surface area contributed by atoms with Gasteiger partial charge in [0.25, 0.3) is 0 Å². The zero-order valence-electron chi connectivity index (χ0n) is 16.3. The van der Waals surface area contributed by atoms with Crippen LogP contribution in [0.5, 0.6) is 11.5 Å². The summed E-state index contributed by atoms with van der Waals surface area (Å²) in [6.07, 6.45) is 0. The van der Waals surface area contributed by atoms with Crippen LogP contribution in [0, 0.1) is 6.92 Å². The van der Waals surface area contributed by atoms with Gasteiger partial charge in [-0.3, -0.25) is 4.99 Å². The molecule has 0 radical (unpaired) electrons. The van der Waals surface area contributed by atoms with Crippen molar-refractivity contribution in [2.75, 3.05) is 40.5 Å². The molecule has 0 aliphatic carbocycles. The maximum atomic E-state index is 5.71. The van der Waals surface area contributed by atoms with Crippen LogP contribution < -0.4 is 20.1 Å². The van der Waals surface area contributed by atoms with Gasteiger partial charge < -0.3 is 24.8 Å². The lowest BCUT2D eigenvalue weighted by molar-refractivity contribution is 0.146. The average molecular weight is 371 g/mol. The number of hydrogen-bond donors (Lipinski definition) is 2. The highest BCUT2D eigenvalue weighted by Gasteiger charge is 2.01. The van der Waals surface area contributed by atoms with Gasteiger partial charge in [-0.1, -0.05) is 29.8 Å². The fourth-order valence-corrected chi connectivity index (χ4v) is 2.37. The molecule has 0 aliphatic heterocycles. The number of ether oxygens (including phenoxy) is 3. The first-order valence-corrected chi connectivity index (χ1v) is 9.06. The molecule has 0 bridgehead atoms. The van der Waals surface area contributed by atoms with E-state index in [1.165, 1.54) is 5.56 Å². The molecular weight excluding hydrogens is 342 g/mol. The van der Waals surface area contributed by atoms with Crippen molar-refractivity contribution in [3.8, 4) is 11.5 Å². The molecule has 2 aromatic carbocycles. The third kappa shape index (κ3) is 8.00. The van der Waals surface area contributed by atoms with E-state index in [4.69, 9.17) is 14.2 Å². The van der Waals surface area contributed by atoms with Gasteiger partial charge in [0.05, 0.1) is 13.2 Å². The Morgan fingerprint density at radius 2 is 1.70 bits per heavy atom. The number of benzene rings is 2. The Labute approximate surface area is 161 Å². The van der Waals surface area contributed by atoms with E-state index in [2.05, 4.69) is 22.5 Å². The number of rotatable bonds is 10. The maximum Gasteiger partial charge on any atom is 0.191 e. The standard InChI is InChI=1S/C21H29N3O3/c1-17-7-9-19(10-8-17)26-12-11-23-21(22-2)24-16-18-5-4-6-20(15-18)27-14-13-25-3/h4-10,15H,11-14,16H2,1-3H3,(H2,22,23,24). The van der Waals surface area contributed by atoms with Crippen LogP contribution in [0.25, 0.3) is 0 Å². The molecule has 0 unspecified atom stereocenters. The highest BCUT2D eigenvalue weighted by atomic mass is 16.5. The van der Waals surface area contributed by atoms with E-state index in [0.29, 0.717) is 32.9 Å². The minimum atomic E-state index is 0.539. The van der Waals surface area contributed by atoms with Crippen LogP contribution in [0.1, 0.15) is 11.1 Å². The number of nitrogens with one attached hydrogen (secondary N) is 2. The third-order valence-electron chi connectivity index (χ3n) is 3.82. The molecule has 0 aliphatic rings. The molecule has 27 heavy (non-hydrogen) atoms. The normalized spacial score (nSPS) is 11.1. The molecule has 0 spiro atoms. The quantitative estimate of drug-likeness (QED) is 0.382. The largest absolute Gasteiger partial charge is 0.492 e. The second-order valence-electron chi connectivity index (χ2n) is 6.00. The second-order valence-corrected chi connectivity index (χ2v) is 6.00. The van der Waals surface area contributed by atoms with Gasteiger partial charge in [-0.2, -0.15) is 0 Å². The Hall–Kier alpha value is -2.73. The molecule has 0 saturated carbocycles. The summed E-state index contributed by atoms with van der Waals surface area (Å²) < 4.78 is 16.3. The minimum Gasteiger partial charge on any atom is -0.492 e. The summed E-state index contributed by atoms with van der Waals surface area (Å²) in [5.41, 5.74) is 2.34. The molecule has 0 fully saturated rings.